The maximum atomic E-state index is 13.1. The van der Waals surface area contributed by atoms with Gasteiger partial charge in [-0.25, -0.2) is 4.39 Å². The Balaban J connectivity index is 1.32. The quantitative estimate of drug-likeness (QED) is 0.776. The molecule has 2 aliphatic heterocycles. The number of hydrogen-bond donors (Lipinski definition) is 0. The van der Waals surface area contributed by atoms with Crippen LogP contribution in [0.5, 0.6) is 0 Å². The summed E-state index contributed by atoms with van der Waals surface area (Å²) in [5.41, 5.74) is 2.65. The van der Waals surface area contributed by atoms with Crippen LogP contribution in [0.15, 0.2) is 48.5 Å². The number of nitrogens with zero attached hydrogens (tertiary/aromatic N) is 2. The summed E-state index contributed by atoms with van der Waals surface area (Å²) in [6.07, 6.45) is 4.70. The topological polar surface area (TPSA) is 32.8 Å². The Morgan fingerprint density at radius 2 is 1.41 bits per heavy atom. The number of methoxy groups -OCH3 is 1. The molecule has 2 aromatic carbocycles. The highest BCUT2D eigenvalue weighted by Gasteiger charge is 2.29. The summed E-state index contributed by atoms with van der Waals surface area (Å²) < 4.78 is 18.6. The number of likely N-dealkylation sites (tertiary alicyclic amines) is 2. The summed E-state index contributed by atoms with van der Waals surface area (Å²) in [6, 6.07) is 14.6. The summed E-state index contributed by atoms with van der Waals surface area (Å²) in [5, 5.41) is 0. The van der Waals surface area contributed by atoms with Crippen LogP contribution in [-0.2, 0) is 4.74 Å². The Kier molecular flexibility index (Phi) is 6.26. The molecule has 1 amide bonds. The van der Waals surface area contributed by atoms with Gasteiger partial charge in [0.05, 0.1) is 6.10 Å². The van der Waals surface area contributed by atoms with Gasteiger partial charge in [-0.2, -0.15) is 0 Å². The van der Waals surface area contributed by atoms with Gasteiger partial charge < -0.3 is 14.5 Å². The molecule has 0 saturated carbocycles. The van der Waals surface area contributed by atoms with Crippen molar-refractivity contribution >= 4 is 5.91 Å². The highest BCUT2D eigenvalue weighted by molar-refractivity contribution is 5.94. The van der Waals surface area contributed by atoms with Crippen LogP contribution >= 0.6 is 0 Å². The minimum atomic E-state index is -0.244. The van der Waals surface area contributed by atoms with E-state index < -0.39 is 0 Å². The number of halogens is 1. The third-order valence-corrected chi connectivity index (χ3v) is 6.39. The van der Waals surface area contributed by atoms with Gasteiger partial charge in [0.2, 0.25) is 0 Å². The van der Waals surface area contributed by atoms with Gasteiger partial charge in [-0.05, 0) is 61.1 Å². The molecule has 0 spiro atoms. The number of carbonyl (C=O) groups is 1. The molecule has 29 heavy (non-hydrogen) atoms. The molecule has 0 radical (unpaired) electrons. The van der Waals surface area contributed by atoms with Crippen molar-refractivity contribution < 1.29 is 13.9 Å². The van der Waals surface area contributed by atoms with Gasteiger partial charge in [-0.1, -0.05) is 24.3 Å². The molecular formula is C24H29FN2O2. The van der Waals surface area contributed by atoms with Crippen molar-refractivity contribution in [3.8, 4) is 11.1 Å². The van der Waals surface area contributed by atoms with E-state index in [2.05, 4.69) is 4.90 Å². The summed E-state index contributed by atoms with van der Waals surface area (Å²) in [4.78, 5) is 17.5. The number of piperidine rings is 2. The molecule has 5 heteroatoms. The zero-order chi connectivity index (χ0) is 20.2. The molecule has 0 aliphatic carbocycles. The van der Waals surface area contributed by atoms with Gasteiger partial charge in [-0.15, -0.1) is 0 Å². The highest BCUT2D eigenvalue weighted by atomic mass is 19.1. The average molecular weight is 397 g/mol. The zero-order valence-electron chi connectivity index (χ0n) is 17.0. The van der Waals surface area contributed by atoms with E-state index in [1.807, 2.05) is 29.2 Å². The van der Waals surface area contributed by atoms with Gasteiger partial charge in [0.1, 0.15) is 5.82 Å². The van der Waals surface area contributed by atoms with E-state index in [-0.39, 0.29) is 11.7 Å². The van der Waals surface area contributed by atoms with Crippen LogP contribution in [0.4, 0.5) is 4.39 Å². The first-order valence-corrected chi connectivity index (χ1v) is 10.6. The molecule has 0 aromatic heterocycles. The lowest BCUT2D eigenvalue weighted by Gasteiger charge is -2.41. The standard InChI is InChI=1S/C24H29FN2O2/c1-29-23-12-16-26(17-13-23)22-10-14-27(15-11-22)24(28)20-4-2-18(3-5-20)19-6-8-21(25)9-7-19/h2-9,22-23H,10-17H2,1H3. The van der Waals surface area contributed by atoms with Crippen LogP contribution in [0, 0.1) is 5.82 Å². The Morgan fingerprint density at radius 1 is 0.862 bits per heavy atom. The van der Waals surface area contributed by atoms with E-state index >= 15 is 0 Å². The van der Waals surface area contributed by atoms with Crippen LogP contribution in [0.3, 0.4) is 0 Å². The molecule has 4 rings (SSSR count). The average Bonchev–Trinajstić information content (AvgIpc) is 2.79. The van der Waals surface area contributed by atoms with Crippen LogP contribution in [0.2, 0.25) is 0 Å². The lowest BCUT2D eigenvalue weighted by atomic mass is 9.98. The minimum absolute atomic E-state index is 0.104. The summed E-state index contributed by atoms with van der Waals surface area (Å²) in [7, 11) is 1.80. The molecule has 2 saturated heterocycles. The molecule has 0 atom stereocenters. The first-order valence-electron chi connectivity index (χ1n) is 10.6. The van der Waals surface area contributed by atoms with E-state index in [0.29, 0.717) is 12.1 Å². The Labute approximate surface area is 172 Å². The smallest absolute Gasteiger partial charge is 0.253 e. The predicted octanol–water partition coefficient (Wildman–Crippen LogP) is 4.21. The monoisotopic (exact) mass is 396 g/mol. The first-order chi connectivity index (χ1) is 14.1. The normalized spacial score (nSPS) is 19.4. The lowest BCUT2D eigenvalue weighted by Crippen LogP contribution is -2.49. The lowest BCUT2D eigenvalue weighted by molar-refractivity contribution is 0.0145. The van der Waals surface area contributed by atoms with E-state index in [9.17, 15) is 9.18 Å². The van der Waals surface area contributed by atoms with Crippen LogP contribution in [0.1, 0.15) is 36.0 Å². The van der Waals surface area contributed by atoms with Crippen molar-refractivity contribution in [3.63, 3.8) is 0 Å². The summed E-state index contributed by atoms with van der Waals surface area (Å²) >= 11 is 0. The number of amides is 1. The Hall–Kier alpha value is -2.24. The molecule has 2 fully saturated rings. The first kappa shape index (κ1) is 20.0. The van der Waals surface area contributed by atoms with Crippen LogP contribution in [-0.4, -0.2) is 61.1 Å². The fraction of sp³-hybridized carbons (Fsp3) is 0.458. The van der Waals surface area contributed by atoms with E-state index in [4.69, 9.17) is 4.74 Å². The number of ether oxygens (including phenoxy) is 1. The second-order valence-electron chi connectivity index (χ2n) is 8.08. The molecule has 4 nitrogen and oxygen atoms in total. The molecule has 2 heterocycles. The molecule has 0 N–H and O–H groups in total. The van der Waals surface area contributed by atoms with Gasteiger partial charge in [0.25, 0.3) is 5.91 Å². The molecule has 0 unspecified atom stereocenters. The van der Waals surface area contributed by atoms with Gasteiger partial charge in [0, 0.05) is 44.9 Å². The highest BCUT2D eigenvalue weighted by Crippen LogP contribution is 2.24. The van der Waals surface area contributed by atoms with Gasteiger partial charge in [-0.3, -0.25) is 4.79 Å². The predicted molar refractivity (Wildman–Crippen MR) is 112 cm³/mol. The Morgan fingerprint density at radius 3 is 1.97 bits per heavy atom. The molecule has 0 bridgehead atoms. The van der Waals surface area contributed by atoms with E-state index in [1.165, 1.54) is 12.1 Å². The third kappa shape index (κ3) is 4.68. The number of benzene rings is 2. The second-order valence-corrected chi connectivity index (χ2v) is 8.08. The fourth-order valence-electron chi connectivity index (χ4n) is 4.54. The third-order valence-electron chi connectivity index (χ3n) is 6.39. The maximum Gasteiger partial charge on any atom is 0.253 e. The fourth-order valence-corrected chi connectivity index (χ4v) is 4.54. The Bertz CT molecular complexity index is 806. The number of carbonyl (C=O) groups excluding carboxylic acids is 1. The number of hydrogen-bond acceptors (Lipinski definition) is 3. The largest absolute Gasteiger partial charge is 0.381 e. The summed E-state index contributed by atoms with van der Waals surface area (Å²) in [6.45, 7) is 3.82. The molecule has 154 valence electrons. The molecular weight excluding hydrogens is 367 g/mol. The van der Waals surface area contributed by atoms with Crippen molar-refractivity contribution in [2.24, 2.45) is 0 Å². The van der Waals surface area contributed by atoms with Crippen LogP contribution in [0.25, 0.3) is 11.1 Å². The number of rotatable bonds is 4. The molecule has 2 aliphatic rings. The van der Waals surface area contributed by atoms with Gasteiger partial charge >= 0.3 is 0 Å². The van der Waals surface area contributed by atoms with Crippen molar-refractivity contribution in [2.45, 2.75) is 37.8 Å². The van der Waals surface area contributed by atoms with Crippen molar-refractivity contribution in [2.75, 3.05) is 33.3 Å². The van der Waals surface area contributed by atoms with Crippen molar-refractivity contribution in [1.82, 2.24) is 9.80 Å². The van der Waals surface area contributed by atoms with Crippen molar-refractivity contribution in [1.29, 1.82) is 0 Å². The van der Waals surface area contributed by atoms with Crippen LogP contribution < -0.4 is 0 Å². The van der Waals surface area contributed by atoms with Gasteiger partial charge in [0.15, 0.2) is 0 Å². The zero-order valence-corrected chi connectivity index (χ0v) is 17.0. The van der Waals surface area contributed by atoms with Crippen molar-refractivity contribution in [3.05, 3.63) is 59.9 Å². The summed E-state index contributed by atoms with van der Waals surface area (Å²) in [5.74, 6) is -0.140. The maximum absolute atomic E-state index is 13.1. The van der Waals surface area contributed by atoms with E-state index in [0.717, 1.165) is 68.6 Å². The second kappa shape index (κ2) is 9.06. The molecule has 2 aromatic rings. The minimum Gasteiger partial charge on any atom is -0.381 e. The van der Waals surface area contributed by atoms with E-state index in [1.54, 1.807) is 19.2 Å². The SMILES string of the molecule is COC1CCN(C2CCN(C(=O)c3ccc(-c4ccc(F)cc4)cc3)CC2)CC1.